The van der Waals surface area contributed by atoms with E-state index in [1.54, 1.807) is 17.4 Å². The Hall–Kier alpha value is -2.32. The summed E-state index contributed by atoms with van der Waals surface area (Å²) in [7, 11) is 0. The molecule has 1 N–H and O–H groups in total. The SMILES string of the molecule is Cc1c(Cl)cccc1NC(=O)CSc1nnc(-c2cccs2)n1-c1ccc(Cl)cc1. The lowest BCUT2D eigenvalue weighted by Gasteiger charge is -2.11. The van der Waals surface area contributed by atoms with E-state index in [0.29, 0.717) is 20.9 Å². The van der Waals surface area contributed by atoms with Crippen LogP contribution in [0.2, 0.25) is 10.0 Å². The second-order valence-corrected chi connectivity index (χ2v) is 9.08. The Labute approximate surface area is 192 Å². The molecule has 2 heterocycles. The zero-order valence-corrected chi connectivity index (χ0v) is 18.9. The fourth-order valence-electron chi connectivity index (χ4n) is 2.81. The largest absolute Gasteiger partial charge is 0.325 e. The zero-order chi connectivity index (χ0) is 21.1. The number of benzene rings is 2. The van der Waals surface area contributed by atoms with E-state index in [1.807, 2.05) is 65.4 Å². The molecule has 0 saturated carbocycles. The summed E-state index contributed by atoms with van der Waals surface area (Å²) in [5.41, 5.74) is 2.41. The Kier molecular flexibility index (Phi) is 6.43. The predicted octanol–water partition coefficient (Wildman–Crippen LogP) is 6.34. The number of nitrogens with one attached hydrogen (secondary N) is 1. The Bertz CT molecular complexity index is 1170. The molecular weight excluding hydrogens is 459 g/mol. The van der Waals surface area contributed by atoms with E-state index >= 15 is 0 Å². The highest BCUT2D eigenvalue weighted by molar-refractivity contribution is 7.99. The molecule has 9 heteroatoms. The van der Waals surface area contributed by atoms with E-state index in [9.17, 15) is 4.79 Å². The molecule has 0 aliphatic heterocycles. The van der Waals surface area contributed by atoms with Crippen LogP contribution >= 0.6 is 46.3 Å². The van der Waals surface area contributed by atoms with Crippen LogP contribution in [-0.4, -0.2) is 26.4 Å². The number of thioether (sulfide) groups is 1. The first kappa shape index (κ1) is 20.9. The zero-order valence-electron chi connectivity index (χ0n) is 15.8. The molecule has 0 aliphatic carbocycles. The monoisotopic (exact) mass is 474 g/mol. The quantitative estimate of drug-likeness (QED) is 0.331. The summed E-state index contributed by atoms with van der Waals surface area (Å²) in [6.45, 7) is 1.87. The molecule has 1 amide bonds. The minimum Gasteiger partial charge on any atom is -0.325 e. The van der Waals surface area contributed by atoms with Crippen LogP contribution in [0.5, 0.6) is 0 Å². The van der Waals surface area contributed by atoms with Crippen LogP contribution in [0.25, 0.3) is 16.4 Å². The first-order chi connectivity index (χ1) is 14.5. The molecular formula is C21H16Cl2N4OS2. The summed E-state index contributed by atoms with van der Waals surface area (Å²) in [4.78, 5) is 13.5. The van der Waals surface area contributed by atoms with Gasteiger partial charge in [0.25, 0.3) is 0 Å². The predicted molar refractivity (Wildman–Crippen MR) is 125 cm³/mol. The van der Waals surface area contributed by atoms with Crippen LogP contribution in [0.4, 0.5) is 5.69 Å². The van der Waals surface area contributed by atoms with Crippen molar-refractivity contribution in [2.75, 3.05) is 11.1 Å². The summed E-state index contributed by atoms with van der Waals surface area (Å²) in [5, 5.41) is 15.5. The highest BCUT2D eigenvalue weighted by atomic mass is 35.5. The van der Waals surface area contributed by atoms with Crippen LogP contribution < -0.4 is 5.32 Å². The number of nitrogens with zero attached hydrogens (tertiary/aromatic N) is 3. The number of anilines is 1. The van der Waals surface area contributed by atoms with Gasteiger partial charge in [-0.3, -0.25) is 9.36 Å². The van der Waals surface area contributed by atoms with E-state index < -0.39 is 0 Å². The van der Waals surface area contributed by atoms with Gasteiger partial charge in [0.2, 0.25) is 5.91 Å². The summed E-state index contributed by atoms with van der Waals surface area (Å²) in [6.07, 6.45) is 0. The number of rotatable bonds is 6. The van der Waals surface area contributed by atoms with Crippen molar-refractivity contribution in [3.63, 3.8) is 0 Å². The molecule has 2 aromatic carbocycles. The van der Waals surface area contributed by atoms with Crippen molar-refractivity contribution < 1.29 is 4.79 Å². The summed E-state index contributed by atoms with van der Waals surface area (Å²) in [5.74, 6) is 0.761. The molecule has 0 radical (unpaired) electrons. The van der Waals surface area contributed by atoms with Crippen LogP contribution in [0.1, 0.15) is 5.56 Å². The van der Waals surface area contributed by atoms with Crippen molar-refractivity contribution in [2.45, 2.75) is 12.1 Å². The third-order valence-corrected chi connectivity index (χ3v) is 6.79. The fraction of sp³-hybridized carbons (Fsp3) is 0.0952. The van der Waals surface area contributed by atoms with Crippen molar-refractivity contribution in [1.82, 2.24) is 14.8 Å². The average molecular weight is 475 g/mol. The highest BCUT2D eigenvalue weighted by Crippen LogP contribution is 2.31. The van der Waals surface area contributed by atoms with Crippen molar-refractivity contribution in [3.05, 3.63) is 75.6 Å². The molecule has 4 aromatic rings. The Balaban J connectivity index is 1.57. The molecule has 0 spiro atoms. The lowest BCUT2D eigenvalue weighted by molar-refractivity contribution is -0.113. The van der Waals surface area contributed by atoms with E-state index in [0.717, 1.165) is 22.0 Å². The molecule has 0 saturated heterocycles. The number of carbonyl (C=O) groups excluding carboxylic acids is 1. The smallest absolute Gasteiger partial charge is 0.234 e. The first-order valence-corrected chi connectivity index (χ1v) is 11.6. The second kappa shape index (κ2) is 9.22. The maximum absolute atomic E-state index is 12.5. The van der Waals surface area contributed by atoms with Crippen LogP contribution in [0.3, 0.4) is 0 Å². The first-order valence-electron chi connectivity index (χ1n) is 8.96. The molecule has 2 aromatic heterocycles. The van der Waals surface area contributed by atoms with Crippen molar-refractivity contribution >= 4 is 57.9 Å². The van der Waals surface area contributed by atoms with Gasteiger partial charge in [0.15, 0.2) is 11.0 Å². The van der Waals surface area contributed by atoms with Crippen molar-refractivity contribution in [1.29, 1.82) is 0 Å². The van der Waals surface area contributed by atoms with Gasteiger partial charge < -0.3 is 5.32 Å². The standard InChI is InChI=1S/C21H16Cl2N4OS2/c1-13-16(23)4-2-5-17(13)24-19(28)12-30-21-26-25-20(18-6-3-11-29-18)27(21)15-9-7-14(22)8-10-15/h2-11H,12H2,1H3,(H,24,28). The Morgan fingerprint density at radius 1 is 1.10 bits per heavy atom. The fourth-order valence-corrected chi connectivity index (χ4v) is 4.56. The molecule has 4 rings (SSSR count). The van der Waals surface area contributed by atoms with Gasteiger partial charge in [-0.15, -0.1) is 21.5 Å². The van der Waals surface area contributed by atoms with Gasteiger partial charge in [-0.2, -0.15) is 0 Å². The van der Waals surface area contributed by atoms with Crippen molar-refractivity contribution in [3.8, 4) is 16.4 Å². The minimum absolute atomic E-state index is 0.145. The topological polar surface area (TPSA) is 59.8 Å². The van der Waals surface area contributed by atoms with Gasteiger partial charge in [-0.05, 0) is 60.3 Å². The molecule has 5 nitrogen and oxygen atoms in total. The van der Waals surface area contributed by atoms with Crippen LogP contribution in [0, 0.1) is 6.92 Å². The maximum Gasteiger partial charge on any atom is 0.234 e. The lowest BCUT2D eigenvalue weighted by Crippen LogP contribution is -2.15. The third-order valence-electron chi connectivity index (χ3n) is 4.33. The van der Waals surface area contributed by atoms with Gasteiger partial charge in [-0.1, -0.05) is 47.1 Å². The number of amides is 1. The molecule has 0 bridgehead atoms. The third kappa shape index (κ3) is 4.54. The molecule has 0 aliphatic rings. The van der Waals surface area contributed by atoms with Gasteiger partial charge in [0.1, 0.15) is 0 Å². The normalized spacial score (nSPS) is 10.9. The molecule has 30 heavy (non-hydrogen) atoms. The number of thiophene rings is 1. The molecule has 152 valence electrons. The van der Waals surface area contributed by atoms with Gasteiger partial charge in [-0.25, -0.2) is 0 Å². The lowest BCUT2D eigenvalue weighted by atomic mass is 10.2. The second-order valence-electron chi connectivity index (χ2n) is 6.34. The maximum atomic E-state index is 12.5. The van der Waals surface area contributed by atoms with Gasteiger partial charge in [0, 0.05) is 21.4 Å². The van der Waals surface area contributed by atoms with Crippen LogP contribution in [-0.2, 0) is 4.79 Å². The number of aromatic nitrogens is 3. The Morgan fingerprint density at radius 3 is 2.63 bits per heavy atom. The van der Waals surface area contributed by atoms with E-state index in [1.165, 1.54) is 11.8 Å². The van der Waals surface area contributed by atoms with Crippen LogP contribution in [0.15, 0.2) is 65.1 Å². The van der Waals surface area contributed by atoms with Gasteiger partial charge in [0.05, 0.1) is 10.6 Å². The number of halogens is 2. The average Bonchev–Trinajstić information content (AvgIpc) is 3.40. The van der Waals surface area contributed by atoms with Crippen molar-refractivity contribution in [2.24, 2.45) is 0 Å². The molecule has 0 atom stereocenters. The summed E-state index contributed by atoms with van der Waals surface area (Å²) >= 11 is 15.1. The van der Waals surface area contributed by atoms with E-state index in [2.05, 4.69) is 15.5 Å². The Morgan fingerprint density at radius 2 is 1.90 bits per heavy atom. The summed E-state index contributed by atoms with van der Waals surface area (Å²) < 4.78 is 1.94. The minimum atomic E-state index is -0.145. The highest BCUT2D eigenvalue weighted by Gasteiger charge is 2.18. The van der Waals surface area contributed by atoms with E-state index in [-0.39, 0.29) is 11.7 Å². The summed E-state index contributed by atoms with van der Waals surface area (Å²) in [6, 6.07) is 16.8. The van der Waals surface area contributed by atoms with Gasteiger partial charge >= 0.3 is 0 Å². The van der Waals surface area contributed by atoms with E-state index in [4.69, 9.17) is 23.2 Å². The number of carbonyl (C=O) groups is 1. The number of hydrogen-bond donors (Lipinski definition) is 1. The molecule has 0 unspecified atom stereocenters. The number of hydrogen-bond acceptors (Lipinski definition) is 5. The molecule has 0 fully saturated rings.